The van der Waals surface area contributed by atoms with Crippen molar-refractivity contribution in [3.8, 4) is 5.69 Å². The number of nitrogens with zero attached hydrogens (tertiary/aromatic N) is 7. The lowest BCUT2D eigenvalue weighted by Crippen LogP contribution is -2.51. The van der Waals surface area contributed by atoms with Crippen LogP contribution in [0.4, 0.5) is 8.78 Å². The van der Waals surface area contributed by atoms with Gasteiger partial charge >= 0.3 is 0 Å². The second-order valence-corrected chi connectivity index (χ2v) is 13.0. The average molecular weight is 592 g/mol. The van der Waals surface area contributed by atoms with E-state index >= 15 is 0 Å². The number of fused-ring (bicyclic) bond motifs is 2. The van der Waals surface area contributed by atoms with Gasteiger partial charge < -0.3 is 0 Å². The Hall–Kier alpha value is -4.10. The summed E-state index contributed by atoms with van der Waals surface area (Å²) in [6.45, 7) is 0. The summed E-state index contributed by atoms with van der Waals surface area (Å²) in [5.41, 5.74) is 1.72. The molecule has 3 aliphatic carbocycles. The van der Waals surface area contributed by atoms with Crippen LogP contribution < -0.4 is 0 Å². The van der Waals surface area contributed by atoms with E-state index in [4.69, 9.17) is 0 Å². The van der Waals surface area contributed by atoms with E-state index in [1.807, 2.05) is 6.08 Å². The standard InChI is InChI=1S/C29H27F2N7O3S/c1-36-11-9-27(35-36)42(40,41)38(21-4-5-21)22-3-2-19-12-25-18(16-34-37(25)23-6-7-26(31)33-17-23)14-29(19,15-22)28(39)24-13-20(30)8-10-32-24/h6-13,16-17,21-22H,2-5,14-15H2,1H3/t22-,29-/m0/s1. The fraction of sp³-hybridized carbons (Fsp3) is 0.345. The molecular formula is C29H27F2N7O3S. The lowest BCUT2D eigenvalue weighted by atomic mass is 9.60. The van der Waals surface area contributed by atoms with Gasteiger partial charge in [-0.2, -0.15) is 18.9 Å². The molecule has 0 amide bonds. The molecule has 0 unspecified atom stereocenters. The van der Waals surface area contributed by atoms with Crippen LogP contribution in [0.5, 0.6) is 0 Å². The Labute approximate surface area is 240 Å². The fourth-order valence-electron chi connectivity index (χ4n) is 6.43. The highest BCUT2D eigenvalue weighted by Crippen LogP contribution is 2.52. The van der Waals surface area contributed by atoms with Crippen LogP contribution in [-0.2, 0) is 23.5 Å². The number of carbonyl (C=O) groups is 1. The van der Waals surface area contributed by atoms with Crippen LogP contribution in [0.3, 0.4) is 0 Å². The summed E-state index contributed by atoms with van der Waals surface area (Å²) in [5, 5.41) is 8.67. The Kier molecular flexibility index (Phi) is 6.21. The van der Waals surface area contributed by atoms with Crippen molar-refractivity contribution < 1.29 is 22.0 Å². The molecule has 0 bridgehead atoms. The Bertz CT molecular complexity index is 1850. The molecule has 2 fully saturated rings. The number of ketones is 1. The second-order valence-electron chi connectivity index (χ2n) is 11.2. The molecule has 2 atom stereocenters. The van der Waals surface area contributed by atoms with Crippen LogP contribution in [0.2, 0.25) is 0 Å². The van der Waals surface area contributed by atoms with Gasteiger partial charge in [0, 0.05) is 37.6 Å². The van der Waals surface area contributed by atoms with Gasteiger partial charge in [0.2, 0.25) is 5.95 Å². The van der Waals surface area contributed by atoms with Crippen LogP contribution in [-0.4, -0.2) is 60.1 Å². The van der Waals surface area contributed by atoms with E-state index in [1.54, 1.807) is 34.5 Å². The fourth-order valence-corrected chi connectivity index (χ4v) is 8.29. The molecule has 0 aliphatic heterocycles. The zero-order chi connectivity index (χ0) is 29.2. The van der Waals surface area contributed by atoms with E-state index in [0.29, 0.717) is 18.5 Å². The van der Waals surface area contributed by atoms with E-state index in [0.717, 1.165) is 35.7 Å². The largest absolute Gasteiger partial charge is 0.291 e. The highest BCUT2D eigenvalue weighted by atomic mass is 32.2. The quantitative estimate of drug-likeness (QED) is 0.237. The first-order valence-electron chi connectivity index (χ1n) is 13.8. The van der Waals surface area contributed by atoms with Crippen LogP contribution in [0.1, 0.15) is 53.8 Å². The first-order chi connectivity index (χ1) is 20.2. The Morgan fingerprint density at radius 2 is 1.90 bits per heavy atom. The molecule has 4 aromatic rings. The van der Waals surface area contributed by atoms with Crippen molar-refractivity contribution in [2.75, 3.05) is 0 Å². The van der Waals surface area contributed by atoms with Crippen molar-refractivity contribution in [2.24, 2.45) is 12.5 Å². The summed E-state index contributed by atoms with van der Waals surface area (Å²) < 4.78 is 60.3. The number of aryl methyl sites for hydroxylation is 1. The zero-order valence-electron chi connectivity index (χ0n) is 22.7. The van der Waals surface area contributed by atoms with Gasteiger partial charge in [-0.3, -0.25) is 14.5 Å². The van der Waals surface area contributed by atoms with Crippen LogP contribution in [0, 0.1) is 17.2 Å². The number of sulfonamides is 1. The molecule has 0 radical (unpaired) electrons. The summed E-state index contributed by atoms with van der Waals surface area (Å²) in [6, 6.07) is 5.99. The lowest BCUT2D eigenvalue weighted by molar-refractivity contribution is 0.0733. The van der Waals surface area contributed by atoms with E-state index < -0.39 is 33.2 Å². The molecule has 0 N–H and O–H groups in total. The molecular weight excluding hydrogens is 564 g/mol. The molecule has 42 heavy (non-hydrogen) atoms. The minimum Gasteiger partial charge on any atom is -0.291 e. The maximum absolute atomic E-state index is 14.4. The Morgan fingerprint density at radius 3 is 2.60 bits per heavy atom. The monoisotopic (exact) mass is 591 g/mol. The summed E-state index contributed by atoms with van der Waals surface area (Å²) >= 11 is 0. The van der Waals surface area contributed by atoms with Gasteiger partial charge in [0.05, 0.1) is 29.2 Å². The molecule has 4 aromatic heterocycles. The van der Waals surface area contributed by atoms with Crippen LogP contribution in [0.15, 0.2) is 65.7 Å². The van der Waals surface area contributed by atoms with Gasteiger partial charge in [0.1, 0.15) is 11.5 Å². The number of aromatic nitrogens is 6. The van der Waals surface area contributed by atoms with E-state index in [9.17, 15) is 22.0 Å². The topological polar surface area (TPSA) is 116 Å². The van der Waals surface area contributed by atoms with E-state index in [1.165, 1.54) is 35.3 Å². The van der Waals surface area contributed by atoms with Crippen LogP contribution >= 0.6 is 0 Å². The first kappa shape index (κ1) is 26.8. The predicted octanol–water partition coefficient (Wildman–Crippen LogP) is 3.89. The number of hydrogen-bond acceptors (Lipinski definition) is 7. The number of pyridine rings is 2. The molecule has 216 valence electrons. The number of carbonyl (C=O) groups excluding carboxylic acids is 1. The molecule has 3 aliphatic rings. The van der Waals surface area contributed by atoms with Gasteiger partial charge in [-0.15, -0.1) is 0 Å². The Morgan fingerprint density at radius 1 is 1.07 bits per heavy atom. The molecule has 0 saturated heterocycles. The minimum atomic E-state index is -3.93. The smallest absolute Gasteiger partial charge is 0.262 e. The number of allylic oxidation sites excluding steroid dienone is 1. The van der Waals surface area contributed by atoms with Gasteiger partial charge in [-0.1, -0.05) is 5.57 Å². The zero-order valence-corrected chi connectivity index (χ0v) is 23.5. The third kappa shape index (κ3) is 4.38. The number of hydrogen-bond donors (Lipinski definition) is 0. The Balaban J connectivity index is 1.32. The molecule has 7 rings (SSSR count). The van der Waals surface area contributed by atoms with Crippen molar-refractivity contribution in [3.63, 3.8) is 0 Å². The van der Waals surface area contributed by atoms with Gasteiger partial charge in [-0.25, -0.2) is 22.5 Å². The SMILES string of the molecule is Cn1ccc(S(=O)(=O)N(C2CC2)[C@H]2CCC3=Cc4c(cnn4-c4ccc(F)nc4)C[C@]3(C(=O)c3cc(F)ccn3)C2)n1. The summed E-state index contributed by atoms with van der Waals surface area (Å²) in [4.78, 5) is 22.3. The van der Waals surface area contributed by atoms with Crippen molar-refractivity contribution in [1.29, 1.82) is 0 Å². The molecule has 10 nitrogen and oxygen atoms in total. The average Bonchev–Trinajstić information content (AvgIpc) is 3.55. The third-order valence-electron chi connectivity index (χ3n) is 8.48. The molecule has 4 heterocycles. The highest BCUT2D eigenvalue weighted by molar-refractivity contribution is 7.89. The van der Waals surface area contributed by atoms with Crippen molar-refractivity contribution in [1.82, 2.24) is 33.8 Å². The molecule has 2 saturated carbocycles. The van der Waals surface area contributed by atoms with E-state index in [2.05, 4.69) is 20.2 Å². The lowest BCUT2D eigenvalue weighted by Gasteiger charge is -2.46. The summed E-state index contributed by atoms with van der Waals surface area (Å²) in [5.74, 6) is -1.54. The number of halogens is 2. The van der Waals surface area contributed by atoms with Crippen molar-refractivity contribution >= 4 is 21.9 Å². The molecule has 0 aromatic carbocycles. The maximum atomic E-state index is 14.4. The normalized spacial score (nSPS) is 22.0. The first-order valence-corrected chi connectivity index (χ1v) is 15.2. The van der Waals surface area contributed by atoms with Gasteiger partial charge in [-0.05, 0) is 74.4 Å². The predicted molar refractivity (Wildman–Crippen MR) is 147 cm³/mol. The number of Topliss-reactive ketones (excluding diaryl/α,β-unsaturated/α-hetero) is 1. The van der Waals surface area contributed by atoms with Gasteiger partial charge in [0.15, 0.2) is 10.8 Å². The number of rotatable bonds is 7. The summed E-state index contributed by atoms with van der Waals surface area (Å²) in [6.07, 6.45) is 10.7. The van der Waals surface area contributed by atoms with Gasteiger partial charge in [0.25, 0.3) is 10.0 Å². The third-order valence-corrected chi connectivity index (χ3v) is 10.4. The second kappa shape index (κ2) is 9.73. The van der Waals surface area contributed by atoms with Crippen molar-refractivity contribution in [2.45, 2.75) is 55.6 Å². The van der Waals surface area contributed by atoms with Crippen molar-refractivity contribution in [3.05, 3.63) is 89.4 Å². The van der Waals surface area contributed by atoms with Crippen LogP contribution in [0.25, 0.3) is 11.8 Å². The molecule has 0 spiro atoms. The van der Waals surface area contributed by atoms with E-state index in [-0.39, 0.29) is 35.4 Å². The maximum Gasteiger partial charge on any atom is 0.262 e. The molecule has 13 heteroatoms. The highest BCUT2D eigenvalue weighted by Gasteiger charge is 2.54. The minimum absolute atomic E-state index is 0.00863. The summed E-state index contributed by atoms with van der Waals surface area (Å²) in [7, 11) is -2.27.